The molecule has 0 fully saturated rings. The van der Waals surface area contributed by atoms with E-state index in [0.717, 1.165) is 5.56 Å². The number of rotatable bonds is 8. The minimum Gasteiger partial charge on any atom is -0.343 e. The summed E-state index contributed by atoms with van der Waals surface area (Å²) in [6, 6.07) is 10.9. The highest BCUT2D eigenvalue weighted by Gasteiger charge is 2.28. The van der Waals surface area contributed by atoms with Crippen molar-refractivity contribution in [2.24, 2.45) is 0 Å². The Morgan fingerprint density at radius 2 is 1.68 bits per heavy atom. The lowest BCUT2D eigenvalue weighted by molar-refractivity contribution is -0.384. The molecule has 166 valence electrons. The quantitative estimate of drug-likeness (QED) is 0.486. The summed E-state index contributed by atoms with van der Waals surface area (Å²) in [5.74, 6) is -1.15. The zero-order valence-corrected chi connectivity index (χ0v) is 16.8. The number of nitrogens with zero attached hydrogens (tertiary/aromatic N) is 2. The van der Waals surface area contributed by atoms with Crippen LogP contribution in [0.1, 0.15) is 22.8 Å². The van der Waals surface area contributed by atoms with E-state index in [9.17, 15) is 32.9 Å². The normalized spacial score (nSPS) is 12.3. The molecule has 2 aromatic rings. The van der Waals surface area contributed by atoms with Gasteiger partial charge in [0.1, 0.15) is 6.54 Å². The van der Waals surface area contributed by atoms with Crippen molar-refractivity contribution < 1.29 is 27.7 Å². The Morgan fingerprint density at radius 3 is 2.19 bits per heavy atom. The summed E-state index contributed by atoms with van der Waals surface area (Å²) in [6.07, 6.45) is -4.48. The molecule has 2 amide bonds. The van der Waals surface area contributed by atoms with Gasteiger partial charge >= 0.3 is 6.18 Å². The highest BCUT2D eigenvalue weighted by Crippen LogP contribution is 2.17. The lowest BCUT2D eigenvalue weighted by atomic mass is 10.1. The van der Waals surface area contributed by atoms with E-state index in [1.807, 2.05) is 0 Å². The van der Waals surface area contributed by atoms with Crippen LogP contribution in [0.3, 0.4) is 0 Å². The SMILES string of the molecule is CC(C(=O)Nc1ccc([N+](=O)[O-])cc1)N(C)Cc1ccc(C(=O)NCC(F)(F)F)cc1. The Bertz CT molecular complexity index is 931. The molecule has 0 radical (unpaired) electrons. The zero-order chi connectivity index (χ0) is 23.2. The van der Waals surface area contributed by atoms with Gasteiger partial charge in [-0.3, -0.25) is 24.6 Å². The number of halogens is 3. The van der Waals surface area contributed by atoms with Gasteiger partial charge in [-0.25, -0.2) is 0 Å². The van der Waals surface area contributed by atoms with E-state index in [1.165, 1.54) is 36.4 Å². The number of carbonyl (C=O) groups is 2. The number of amides is 2. The molecule has 0 bridgehead atoms. The van der Waals surface area contributed by atoms with E-state index in [-0.39, 0.29) is 17.2 Å². The monoisotopic (exact) mass is 438 g/mol. The van der Waals surface area contributed by atoms with Gasteiger partial charge in [0.2, 0.25) is 5.91 Å². The predicted octanol–water partition coefficient (Wildman–Crippen LogP) is 3.35. The molecular weight excluding hydrogens is 417 g/mol. The zero-order valence-electron chi connectivity index (χ0n) is 16.8. The van der Waals surface area contributed by atoms with E-state index in [4.69, 9.17) is 0 Å². The summed E-state index contributed by atoms with van der Waals surface area (Å²) in [6.45, 7) is 0.622. The average Bonchev–Trinajstić information content (AvgIpc) is 2.71. The van der Waals surface area contributed by atoms with E-state index >= 15 is 0 Å². The van der Waals surface area contributed by atoms with Gasteiger partial charge in [-0.1, -0.05) is 12.1 Å². The second-order valence-corrected chi connectivity index (χ2v) is 6.88. The van der Waals surface area contributed by atoms with Gasteiger partial charge in [-0.2, -0.15) is 13.2 Å². The molecule has 2 aromatic carbocycles. The van der Waals surface area contributed by atoms with Crippen LogP contribution in [0.4, 0.5) is 24.5 Å². The van der Waals surface area contributed by atoms with Gasteiger partial charge in [0.05, 0.1) is 11.0 Å². The smallest absolute Gasteiger partial charge is 0.343 e. The van der Waals surface area contributed by atoms with Gasteiger partial charge in [-0.05, 0) is 43.8 Å². The van der Waals surface area contributed by atoms with Crippen LogP contribution in [0.5, 0.6) is 0 Å². The van der Waals surface area contributed by atoms with E-state index in [2.05, 4.69) is 5.32 Å². The van der Waals surface area contributed by atoms with Crippen molar-refractivity contribution in [3.05, 3.63) is 69.8 Å². The van der Waals surface area contributed by atoms with Crippen molar-refractivity contribution in [3.8, 4) is 0 Å². The molecule has 2 N–H and O–H groups in total. The maximum Gasteiger partial charge on any atom is 0.405 e. The summed E-state index contributed by atoms with van der Waals surface area (Å²) in [4.78, 5) is 36.1. The number of nitro benzene ring substituents is 1. The Hall–Kier alpha value is -3.47. The first-order valence-electron chi connectivity index (χ1n) is 9.16. The van der Waals surface area contributed by atoms with Crippen LogP contribution < -0.4 is 10.6 Å². The van der Waals surface area contributed by atoms with Crippen molar-refractivity contribution in [2.75, 3.05) is 18.9 Å². The Kier molecular flexibility index (Phi) is 7.70. The van der Waals surface area contributed by atoms with Crippen molar-refractivity contribution in [1.82, 2.24) is 10.2 Å². The maximum absolute atomic E-state index is 12.4. The lowest BCUT2D eigenvalue weighted by Crippen LogP contribution is -2.39. The first kappa shape index (κ1) is 23.8. The van der Waals surface area contributed by atoms with Crippen molar-refractivity contribution in [3.63, 3.8) is 0 Å². The predicted molar refractivity (Wildman–Crippen MR) is 107 cm³/mol. The number of anilines is 1. The van der Waals surface area contributed by atoms with Gasteiger partial charge in [0, 0.05) is 29.9 Å². The van der Waals surface area contributed by atoms with Crippen molar-refractivity contribution in [2.45, 2.75) is 25.7 Å². The number of non-ortho nitro benzene ring substituents is 1. The third-order valence-electron chi connectivity index (χ3n) is 4.48. The number of carbonyl (C=O) groups excluding carboxylic acids is 2. The molecular formula is C20H21F3N4O4. The molecule has 0 aliphatic carbocycles. The van der Waals surface area contributed by atoms with E-state index in [1.54, 1.807) is 36.3 Å². The second-order valence-electron chi connectivity index (χ2n) is 6.88. The number of hydrogen-bond donors (Lipinski definition) is 2. The number of likely N-dealkylation sites (N-methyl/N-ethyl adjacent to an activating group) is 1. The minimum atomic E-state index is -4.48. The van der Waals surface area contributed by atoms with Crippen LogP contribution in [-0.4, -0.2) is 47.4 Å². The van der Waals surface area contributed by atoms with E-state index < -0.39 is 29.6 Å². The van der Waals surface area contributed by atoms with Crippen LogP contribution in [0, 0.1) is 10.1 Å². The summed E-state index contributed by atoms with van der Waals surface area (Å²) in [7, 11) is 1.71. The molecule has 0 heterocycles. The Balaban J connectivity index is 1.91. The second kappa shape index (κ2) is 10.0. The highest BCUT2D eigenvalue weighted by molar-refractivity contribution is 5.95. The summed E-state index contributed by atoms with van der Waals surface area (Å²) < 4.78 is 36.6. The van der Waals surface area contributed by atoms with Crippen molar-refractivity contribution >= 4 is 23.2 Å². The fourth-order valence-corrected chi connectivity index (χ4v) is 2.58. The number of alkyl halides is 3. The van der Waals surface area contributed by atoms with Gasteiger partial charge in [0.25, 0.3) is 11.6 Å². The fourth-order valence-electron chi connectivity index (χ4n) is 2.58. The summed E-state index contributed by atoms with van der Waals surface area (Å²) in [5.41, 5.74) is 1.19. The molecule has 8 nitrogen and oxygen atoms in total. The van der Waals surface area contributed by atoms with Crippen LogP contribution in [0.15, 0.2) is 48.5 Å². The van der Waals surface area contributed by atoms with Gasteiger partial charge in [-0.15, -0.1) is 0 Å². The lowest BCUT2D eigenvalue weighted by Gasteiger charge is -2.24. The van der Waals surface area contributed by atoms with E-state index in [0.29, 0.717) is 12.2 Å². The number of nitro groups is 1. The number of benzene rings is 2. The first-order valence-corrected chi connectivity index (χ1v) is 9.16. The van der Waals surface area contributed by atoms with Gasteiger partial charge < -0.3 is 10.6 Å². The molecule has 0 saturated heterocycles. The summed E-state index contributed by atoms with van der Waals surface area (Å²) in [5, 5.41) is 15.2. The molecule has 1 atom stereocenters. The molecule has 31 heavy (non-hydrogen) atoms. The summed E-state index contributed by atoms with van der Waals surface area (Å²) >= 11 is 0. The number of nitrogens with one attached hydrogen (secondary N) is 2. The molecule has 0 aliphatic rings. The molecule has 0 spiro atoms. The molecule has 0 aliphatic heterocycles. The number of hydrogen-bond acceptors (Lipinski definition) is 5. The third kappa shape index (κ3) is 7.37. The Morgan fingerprint density at radius 1 is 1.10 bits per heavy atom. The fraction of sp³-hybridized carbons (Fsp3) is 0.300. The minimum absolute atomic E-state index is 0.0845. The van der Waals surface area contributed by atoms with Crippen LogP contribution in [-0.2, 0) is 11.3 Å². The van der Waals surface area contributed by atoms with Crippen LogP contribution >= 0.6 is 0 Å². The van der Waals surface area contributed by atoms with Crippen LogP contribution in [0.2, 0.25) is 0 Å². The van der Waals surface area contributed by atoms with Crippen LogP contribution in [0.25, 0.3) is 0 Å². The largest absolute Gasteiger partial charge is 0.405 e. The highest BCUT2D eigenvalue weighted by atomic mass is 19.4. The molecule has 0 aromatic heterocycles. The molecule has 11 heteroatoms. The Labute approximate surface area is 176 Å². The van der Waals surface area contributed by atoms with Gasteiger partial charge in [0.15, 0.2) is 0 Å². The molecule has 0 saturated carbocycles. The average molecular weight is 438 g/mol. The van der Waals surface area contributed by atoms with Crippen molar-refractivity contribution in [1.29, 1.82) is 0 Å². The molecule has 2 rings (SSSR count). The molecule has 1 unspecified atom stereocenters. The first-order chi connectivity index (χ1) is 14.5. The topological polar surface area (TPSA) is 105 Å². The third-order valence-corrected chi connectivity index (χ3v) is 4.48. The maximum atomic E-state index is 12.4. The standard InChI is InChI=1S/C20H21F3N4O4/c1-13(18(28)25-16-7-9-17(10-8-16)27(30)31)26(2)11-14-3-5-15(6-4-14)19(29)24-12-20(21,22)23/h3-10,13H,11-12H2,1-2H3,(H,24,29)(H,25,28).